The number of rotatable bonds is 30. The second kappa shape index (κ2) is 30.1. The van der Waals surface area contributed by atoms with Crippen LogP contribution in [0.25, 0.3) is 0 Å². The molecule has 0 saturated heterocycles. The van der Waals surface area contributed by atoms with Crippen molar-refractivity contribution in [2.24, 2.45) is 47.0 Å². The highest BCUT2D eigenvalue weighted by Gasteiger charge is 2.35. The van der Waals surface area contributed by atoms with Crippen molar-refractivity contribution in [1.29, 1.82) is 0 Å². The number of carboxylic acids is 1. The summed E-state index contributed by atoms with van der Waals surface area (Å²) in [5, 5.41) is 14.4. The Hall–Kier alpha value is -5.36. The lowest BCUT2D eigenvalue weighted by molar-refractivity contribution is -0.162. The third-order valence-corrected chi connectivity index (χ3v) is 10.7. The molecule has 18 heteroatoms. The fourth-order valence-electron chi connectivity index (χ4n) is 6.66. The highest BCUT2D eigenvalue weighted by atomic mass is 16.5. The van der Waals surface area contributed by atoms with E-state index in [2.05, 4.69) is 10.6 Å². The van der Waals surface area contributed by atoms with E-state index in [9.17, 15) is 53.1 Å². The Kier molecular flexibility index (Phi) is 27.7. The van der Waals surface area contributed by atoms with Crippen molar-refractivity contribution in [3.05, 3.63) is 35.9 Å². The molecule has 67 heavy (non-hydrogen) atoms. The van der Waals surface area contributed by atoms with Crippen molar-refractivity contribution >= 4 is 58.7 Å². The van der Waals surface area contributed by atoms with Gasteiger partial charge in [-0.3, -0.25) is 47.9 Å². The average molecular weight is 947 g/mol. The molecule has 0 aromatic heterocycles. The van der Waals surface area contributed by atoms with E-state index in [4.69, 9.17) is 25.7 Å². The summed E-state index contributed by atoms with van der Waals surface area (Å²) in [7, 11) is 0. The zero-order valence-electron chi connectivity index (χ0n) is 41.7. The number of aliphatic carboxylic acids is 1. The normalized spacial score (nSPS) is 15.0. The number of hydrogen-bond acceptors (Lipinski definition) is 13. The van der Waals surface area contributed by atoms with Crippen molar-refractivity contribution in [1.82, 2.24) is 10.6 Å². The fourth-order valence-corrected chi connectivity index (χ4v) is 6.66. The van der Waals surface area contributed by atoms with Crippen LogP contribution in [0.5, 0.6) is 0 Å². The third-order valence-electron chi connectivity index (χ3n) is 10.7. The zero-order valence-corrected chi connectivity index (χ0v) is 41.7. The quantitative estimate of drug-likeness (QED) is 0.0660. The number of Topliss-reactive ketones (excluding diaryl/α,β-unsaturated/α-hetero) is 4. The van der Waals surface area contributed by atoms with Crippen molar-refractivity contribution in [2.45, 2.75) is 164 Å². The van der Waals surface area contributed by atoms with Gasteiger partial charge < -0.3 is 41.4 Å². The molecular weight excluding hydrogens is 869 g/mol. The van der Waals surface area contributed by atoms with Crippen molar-refractivity contribution in [2.75, 3.05) is 13.1 Å². The standard InChI is InChI=1S/C28H42N2O7.C21H36N2O7/c1-7-18(2)24(32)16-30-26(34)21(14-25(29)33)13-22(31)15-23(19(3)37-28(4,5)6)27(35)36-17-20-11-9-8-10-12-20;1-7-12(2)17(25)11-23-19(27)14(9-18(22)26)8-15(24)10-16(20(28)29)13(3)30-21(4,5)6/h8-12,18-19,21,23H,7,13-17H2,1-6H3,(H2,29,33)(H,30,34);12-14,16H,7-11H2,1-6H3,(H2,22,26)(H,23,27)(H,28,29)/t18-,19?,21-,23-;12-,13?,14-,16-/m00/s1. The molecule has 0 bridgehead atoms. The number of carboxylic acid groups (broad SMARTS) is 1. The van der Waals surface area contributed by atoms with Crippen LogP contribution in [0.2, 0.25) is 0 Å². The lowest BCUT2D eigenvalue weighted by Crippen LogP contribution is -2.40. The first-order valence-corrected chi connectivity index (χ1v) is 22.9. The number of hydrogen-bond donors (Lipinski definition) is 5. The summed E-state index contributed by atoms with van der Waals surface area (Å²) in [6, 6.07) is 9.15. The molecule has 1 aromatic rings. The third kappa shape index (κ3) is 27.1. The Morgan fingerprint density at radius 3 is 1.30 bits per heavy atom. The van der Waals surface area contributed by atoms with Crippen molar-refractivity contribution in [3.8, 4) is 0 Å². The summed E-state index contributed by atoms with van der Waals surface area (Å²) in [5.41, 5.74) is 10.1. The fraction of sp³-hybridized carbons (Fsp3) is 0.673. The molecule has 0 heterocycles. The number of primary amides is 2. The van der Waals surface area contributed by atoms with Crippen LogP contribution < -0.4 is 22.1 Å². The molecule has 1 aromatic carbocycles. The minimum atomic E-state index is -1.19. The summed E-state index contributed by atoms with van der Waals surface area (Å²) in [6.07, 6.45) is -2.09. The molecule has 0 aliphatic rings. The van der Waals surface area contributed by atoms with Crippen molar-refractivity contribution < 1.29 is 67.3 Å². The highest BCUT2D eigenvalue weighted by Crippen LogP contribution is 2.25. The lowest BCUT2D eigenvalue weighted by Gasteiger charge is -2.30. The van der Waals surface area contributed by atoms with Crippen LogP contribution in [0.4, 0.5) is 0 Å². The van der Waals surface area contributed by atoms with Gasteiger partial charge in [-0.1, -0.05) is 58.0 Å². The second-order valence-electron chi connectivity index (χ2n) is 19.1. The van der Waals surface area contributed by atoms with Gasteiger partial charge in [-0.15, -0.1) is 0 Å². The predicted octanol–water partition coefficient (Wildman–Crippen LogP) is 4.59. The molecule has 18 nitrogen and oxygen atoms in total. The van der Waals surface area contributed by atoms with Crippen LogP contribution in [-0.4, -0.2) is 100 Å². The molecule has 0 fully saturated rings. The van der Waals surface area contributed by atoms with E-state index in [0.717, 1.165) is 5.56 Å². The summed E-state index contributed by atoms with van der Waals surface area (Å²) in [4.78, 5) is 122. The van der Waals surface area contributed by atoms with Gasteiger partial charge >= 0.3 is 11.9 Å². The van der Waals surface area contributed by atoms with Gasteiger partial charge in [0.15, 0.2) is 11.6 Å². The number of ketones is 4. The SMILES string of the molecule is CC[C@H](C)C(=O)CNC(=O)[C@H](CC(N)=O)CC(=O)C[C@H](C(=O)O)C(C)OC(C)(C)C.CC[C@H](C)C(=O)CNC(=O)[C@H](CC(N)=O)CC(=O)C[C@H](C(=O)OCc1ccccc1)C(C)OC(C)(C)C. The molecule has 0 spiro atoms. The Balaban J connectivity index is 0.00000133. The maximum absolute atomic E-state index is 13.0. The van der Waals surface area contributed by atoms with Gasteiger partial charge in [0.2, 0.25) is 23.6 Å². The second-order valence-corrected chi connectivity index (χ2v) is 19.1. The molecule has 4 amide bonds. The molecule has 0 aliphatic carbocycles. The van der Waals surface area contributed by atoms with Crippen LogP contribution in [0.3, 0.4) is 0 Å². The molecule has 8 atom stereocenters. The van der Waals surface area contributed by atoms with Crippen LogP contribution in [0, 0.1) is 35.5 Å². The summed E-state index contributed by atoms with van der Waals surface area (Å²) < 4.78 is 17.1. The van der Waals surface area contributed by atoms with E-state index in [-0.39, 0.29) is 81.6 Å². The van der Waals surface area contributed by atoms with Crippen LogP contribution in [0.1, 0.15) is 140 Å². The number of esters is 1. The largest absolute Gasteiger partial charge is 0.481 e. The number of carbonyl (C=O) groups is 10. The monoisotopic (exact) mass is 947 g/mol. The molecule has 0 radical (unpaired) electrons. The lowest BCUT2D eigenvalue weighted by atomic mass is 9.90. The molecular formula is C49H78N4O14. The Morgan fingerprint density at radius 2 is 0.955 bits per heavy atom. The Morgan fingerprint density at radius 1 is 0.582 bits per heavy atom. The van der Waals surface area contributed by atoms with Gasteiger partial charge in [0.1, 0.15) is 18.2 Å². The predicted molar refractivity (Wildman–Crippen MR) is 249 cm³/mol. The number of ether oxygens (including phenoxy) is 3. The first-order chi connectivity index (χ1) is 30.9. The molecule has 0 saturated carbocycles. The van der Waals surface area contributed by atoms with Crippen LogP contribution >= 0.6 is 0 Å². The summed E-state index contributed by atoms with van der Waals surface area (Å²) >= 11 is 0. The number of nitrogens with one attached hydrogen (secondary N) is 2. The van der Waals surface area contributed by atoms with E-state index >= 15 is 0 Å². The van der Waals surface area contributed by atoms with Crippen LogP contribution in [0.15, 0.2) is 30.3 Å². The van der Waals surface area contributed by atoms with E-state index in [1.165, 1.54) is 0 Å². The number of nitrogens with two attached hydrogens (primary N) is 2. The average Bonchev–Trinajstić information content (AvgIpc) is 3.22. The Bertz CT molecular complexity index is 1820. The molecule has 1 rings (SSSR count). The summed E-state index contributed by atoms with van der Waals surface area (Å²) in [6.45, 7) is 21.0. The maximum Gasteiger partial charge on any atom is 0.312 e. The zero-order chi connectivity index (χ0) is 51.8. The van der Waals surface area contributed by atoms with Gasteiger partial charge in [-0.2, -0.15) is 0 Å². The minimum Gasteiger partial charge on any atom is -0.481 e. The van der Waals surface area contributed by atoms with E-state index in [0.29, 0.717) is 12.8 Å². The first-order valence-electron chi connectivity index (χ1n) is 22.9. The van der Waals surface area contributed by atoms with E-state index in [1.807, 2.05) is 65.0 Å². The van der Waals surface area contributed by atoms with Gasteiger partial charge in [0, 0.05) is 50.4 Å². The topological polar surface area (TPSA) is 295 Å². The van der Waals surface area contributed by atoms with E-state index in [1.54, 1.807) is 48.5 Å². The maximum atomic E-state index is 13.0. The van der Waals surface area contributed by atoms with Gasteiger partial charge in [-0.05, 0) is 73.8 Å². The van der Waals surface area contributed by atoms with Gasteiger partial charge in [-0.25, -0.2) is 0 Å². The number of amides is 4. The molecule has 2 unspecified atom stereocenters. The summed E-state index contributed by atoms with van der Waals surface area (Å²) in [5.74, 6) is -10.3. The minimum absolute atomic E-state index is 0.0452. The van der Waals surface area contributed by atoms with Gasteiger partial charge in [0.25, 0.3) is 0 Å². The molecule has 7 N–H and O–H groups in total. The molecule has 378 valence electrons. The number of carbonyl (C=O) groups excluding carboxylic acids is 9. The van der Waals surface area contributed by atoms with Gasteiger partial charge in [0.05, 0.1) is 60.2 Å². The number of benzene rings is 1. The van der Waals surface area contributed by atoms with Crippen molar-refractivity contribution in [3.63, 3.8) is 0 Å². The smallest absolute Gasteiger partial charge is 0.312 e. The highest BCUT2D eigenvalue weighted by molar-refractivity contribution is 5.95. The first kappa shape index (κ1) is 61.6. The van der Waals surface area contributed by atoms with Crippen LogP contribution in [-0.2, 0) is 68.8 Å². The Labute approximate surface area is 396 Å². The molecule has 0 aliphatic heterocycles. The van der Waals surface area contributed by atoms with E-state index < -0.39 is 94.2 Å².